The number of hydrogen-bond donors (Lipinski definition) is 2. The second-order valence-electron chi connectivity index (χ2n) is 9.40. The Morgan fingerprint density at radius 3 is 2.62 bits per heavy atom. The number of piperidine rings is 1. The smallest absolute Gasteiger partial charge is 0.0347 e. The summed E-state index contributed by atoms with van der Waals surface area (Å²) in [4.78, 5) is 0. The van der Waals surface area contributed by atoms with Gasteiger partial charge in [0.1, 0.15) is 0 Å². The Labute approximate surface area is 160 Å². The molecule has 0 aromatic carbocycles. The molecule has 4 rings (SSSR count). The summed E-state index contributed by atoms with van der Waals surface area (Å²) in [5.74, 6) is 2.33. The lowest BCUT2D eigenvalue weighted by molar-refractivity contribution is 0.229. The Hall–Kier alpha value is -0.860. The Kier molecular flexibility index (Phi) is 6.00. The van der Waals surface area contributed by atoms with Gasteiger partial charge in [-0.1, -0.05) is 49.3 Å². The van der Waals surface area contributed by atoms with E-state index in [2.05, 4.69) is 48.8 Å². The van der Waals surface area contributed by atoms with Gasteiger partial charge in [-0.3, -0.25) is 0 Å². The first-order valence-electron chi connectivity index (χ1n) is 11.3. The first-order valence-corrected chi connectivity index (χ1v) is 11.3. The van der Waals surface area contributed by atoms with Crippen molar-refractivity contribution in [2.45, 2.75) is 89.8 Å². The molecule has 5 atom stereocenters. The minimum absolute atomic E-state index is 0.589. The number of rotatable bonds is 4. The van der Waals surface area contributed by atoms with E-state index in [1.54, 1.807) is 11.1 Å². The van der Waals surface area contributed by atoms with Crippen molar-refractivity contribution in [3.63, 3.8) is 0 Å². The molecular weight excluding hydrogens is 316 g/mol. The standard InChI is InChI=1S/C24H38N2/c1-17(2)22-15-14-21(18-7-4-3-5-8-18)24(26-22)20-12-10-19(11-13-20)23-9-6-16-25-23/h3-4,7,12,17,19,21-26H,5-6,8-11,13-16H2,1-2H3. The van der Waals surface area contributed by atoms with Crippen molar-refractivity contribution in [3.05, 3.63) is 35.5 Å². The summed E-state index contributed by atoms with van der Waals surface area (Å²) >= 11 is 0. The highest BCUT2D eigenvalue weighted by Gasteiger charge is 2.36. The first kappa shape index (κ1) is 18.5. The van der Waals surface area contributed by atoms with E-state index in [-0.39, 0.29) is 0 Å². The SMILES string of the molecule is CC(C)C1CCC(C2=CC=CCC2)C(C2=CCC(C3CCCN3)CC2)N1. The molecule has 0 saturated carbocycles. The van der Waals surface area contributed by atoms with Crippen molar-refractivity contribution >= 4 is 0 Å². The molecule has 2 fully saturated rings. The molecule has 2 aliphatic heterocycles. The van der Waals surface area contributed by atoms with Crippen molar-refractivity contribution < 1.29 is 0 Å². The van der Waals surface area contributed by atoms with Crippen molar-refractivity contribution in [1.29, 1.82) is 0 Å². The monoisotopic (exact) mass is 354 g/mol. The van der Waals surface area contributed by atoms with Crippen LogP contribution >= 0.6 is 0 Å². The lowest BCUT2D eigenvalue weighted by atomic mass is 9.72. The summed E-state index contributed by atoms with van der Waals surface area (Å²) in [6, 6.07) is 2.06. The van der Waals surface area contributed by atoms with Crippen molar-refractivity contribution in [2.75, 3.05) is 6.54 Å². The van der Waals surface area contributed by atoms with Crippen LogP contribution in [0.3, 0.4) is 0 Å². The predicted molar refractivity (Wildman–Crippen MR) is 111 cm³/mol. The third-order valence-electron chi connectivity index (χ3n) is 7.47. The molecule has 0 spiro atoms. The van der Waals surface area contributed by atoms with Crippen molar-refractivity contribution in [3.8, 4) is 0 Å². The van der Waals surface area contributed by atoms with E-state index in [0.717, 1.165) is 23.8 Å². The van der Waals surface area contributed by atoms with Crippen LogP contribution in [-0.2, 0) is 0 Å². The van der Waals surface area contributed by atoms with Crippen LogP contribution in [0.2, 0.25) is 0 Å². The molecule has 2 aliphatic carbocycles. The van der Waals surface area contributed by atoms with Gasteiger partial charge in [0.2, 0.25) is 0 Å². The molecule has 0 aromatic rings. The van der Waals surface area contributed by atoms with E-state index in [1.807, 2.05) is 0 Å². The van der Waals surface area contributed by atoms with Crippen LogP contribution in [0.5, 0.6) is 0 Å². The molecule has 5 unspecified atom stereocenters. The number of hydrogen-bond acceptors (Lipinski definition) is 2. The Morgan fingerprint density at radius 1 is 1.04 bits per heavy atom. The summed E-state index contributed by atoms with van der Waals surface area (Å²) in [6.07, 6.45) is 21.7. The van der Waals surface area contributed by atoms with Crippen LogP contribution in [0.25, 0.3) is 0 Å². The second kappa shape index (κ2) is 8.44. The van der Waals surface area contributed by atoms with Crippen LogP contribution in [0.1, 0.15) is 71.6 Å². The van der Waals surface area contributed by atoms with Gasteiger partial charge in [-0.2, -0.15) is 0 Å². The van der Waals surface area contributed by atoms with E-state index >= 15 is 0 Å². The Morgan fingerprint density at radius 2 is 1.96 bits per heavy atom. The second-order valence-corrected chi connectivity index (χ2v) is 9.40. The molecule has 0 amide bonds. The third-order valence-corrected chi connectivity index (χ3v) is 7.47. The van der Waals surface area contributed by atoms with Gasteiger partial charge in [0.25, 0.3) is 0 Å². The fourth-order valence-electron chi connectivity index (χ4n) is 5.81. The van der Waals surface area contributed by atoms with Gasteiger partial charge in [-0.05, 0) is 82.1 Å². The largest absolute Gasteiger partial charge is 0.314 e. The van der Waals surface area contributed by atoms with Gasteiger partial charge < -0.3 is 10.6 Å². The Balaban J connectivity index is 1.49. The summed E-state index contributed by atoms with van der Waals surface area (Å²) < 4.78 is 0. The van der Waals surface area contributed by atoms with Crippen molar-refractivity contribution in [1.82, 2.24) is 10.6 Å². The highest BCUT2D eigenvalue weighted by Crippen LogP contribution is 2.39. The zero-order valence-electron chi connectivity index (χ0n) is 16.8. The van der Waals surface area contributed by atoms with E-state index in [1.165, 1.54) is 64.3 Å². The lowest BCUT2D eigenvalue weighted by Crippen LogP contribution is -2.51. The molecule has 0 radical (unpaired) electrons. The fraction of sp³-hybridized carbons (Fsp3) is 0.750. The number of allylic oxidation sites excluding steroid dienone is 4. The average Bonchev–Trinajstić information content (AvgIpc) is 3.23. The van der Waals surface area contributed by atoms with Gasteiger partial charge in [-0.25, -0.2) is 0 Å². The highest BCUT2D eigenvalue weighted by atomic mass is 15.0. The molecule has 26 heavy (non-hydrogen) atoms. The van der Waals surface area contributed by atoms with Crippen LogP contribution < -0.4 is 10.6 Å². The summed E-state index contributed by atoms with van der Waals surface area (Å²) in [5, 5.41) is 7.85. The zero-order chi connectivity index (χ0) is 17.9. The first-order chi connectivity index (χ1) is 12.7. The van der Waals surface area contributed by atoms with E-state index in [0.29, 0.717) is 12.1 Å². The molecule has 2 nitrogen and oxygen atoms in total. The van der Waals surface area contributed by atoms with E-state index in [9.17, 15) is 0 Å². The quantitative estimate of drug-likeness (QED) is 0.684. The molecule has 2 N–H and O–H groups in total. The molecule has 2 saturated heterocycles. The van der Waals surface area contributed by atoms with Crippen LogP contribution in [0.15, 0.2) is 35.5 Å². The lowest BCUT2D eigenvalue weighted by Gasteiger charge is -2.43. The maximum absolute atomic E-state index is 4.11. The van der Waals surface area contributed by atoms with Crippen molar-refractivity contribution in [2.24, 2.45) is 17.8 Å². The van der Waals surface area contributed by atoms with E-state index in [4.69, 9.17) is 0 Å². The third kappa shape index (κ3) is 4.02. The van der Waals surface area contributed by atoms with Gasteiger partial charge in [-0.15, -0.1) is 0 Å². The predicted octanol–water partition coefficient (Wildman–Crippen LogP) is 5.13. The van der Waals surface area contributed by atoms with E-state index < -0.39 is 0 Å². The van der Waals surface area contributed by atoms with Gasteiger partial charge in [0.15, 0.2) is 0 Å². The van der Waals surface area contributed by atoms with Crippen LogP contribution in [0, 0.1) is 17.8 Å². The molecule has 0 bridgehead atoms. The molecule has 0 aromatic heterocycles. The molecule has 2 heteroatoms. The topological polar surface area (TPSA) is 24.1 Å². The normalized spacial score (nSPS) is 38.3. The zero-order valence-corrected chi connectivity index (χ0v) is 16.8. The number of nitrogens with one attached hydrogen (secondary N) is 2. The minimum Gasteiger partial charge on any atom is -0.314 e. The molecular formula is C24H38N2. The van der Waals surface area contributed by atoms with Gasteiger partial charge in [0, 0.05) is 18.1 Å². The van der Waals surface area contributed by atoms with Gasteiger partial charge in [0.05, 0.1) is 0 Å². The maximum atomic E-state index is 4.11. The molecule has 4 aliphatic rings. The average molecular weight is 355 g/mol. The summed E-state index contributed by atoms with van der Waals surface area (Å²) in [5.41, 5.74) is 3.43. The van der Waals surface area contributed by atoms with Crippen LogP contribution in [-0.4, -0.2) is 24.7 Å². The molecule has 2 heterocycles. The fourth-order valence-corrected chi connectivity index (χ4v) is 5.81. The molecule has 144 valence electrons. The minimum atomic E-state index is 0.589. The highest BCUT2D eigenvalue weighted by molar-refractivity contribution is 5.28. The Bertz CT molecular complexity index is 565. The summed E-state index contributed by atoms with van der Waals surface area (Å²) in [7, 11) is 0. The summed E-state index contributed by atoms with van der Waals surface area (Å²) in [6.45, 7) is 6.01. The maximum Gasteiger partial charge on any atom is 0.0347 e. The van der Waals surface area contributed by atoms with Gasteiger partial charge >= 0.3 is 0 Å². The van der Waals surface area contributed by atoms with Crippen LogP contribution in [0.4, 0.5) is 0 Å².